The van der Waals surface area contributed by atoms with Crippen LogP contribution in [-0.4, -0.2) is 60.2 Å². The Morgan fingerprint density at radius 2 is 1.83 bits per heavy atom. The first kappa shape index (κ1) is 19.0. The number of rotatable bonds is 3. The highest BCUT2D eigenvalue weighted by Gasteiger charge is 2.34. The lowest BCUT2D eigenvalue weighted by molar-refractivity contribution is -0.139. The van der Waals surface area contributed by atoms with E-state index in [1.807, 2.05) is 16.2 Å². The van der Waals surface area contributed by atoms with E-state index in [0.717, 1.165) is 57.1 Å². The fraction of sp³-hybridized carbons (Fsp3) is 0.696. The first-order valence-electron chi connectivity index (χ1n) is 11.7. The number of fused-ring (bicyclic) bond motifs is 3. The van der Waals surface area contributed by atoms with Gasteiger partial charge in [-0.05, 0) is 56.9 Å². The van der Waals surface area contributed by atoms with Crippen molar-refractivity contribution in [1.82, 2.24) is 14.9 Å². The number of hydrogen-bond acceptors (Lipinski definition) is 6. The summed E-state index contributed by atoms with van der Waals surface area (Å²) < 4.78 is 5.44. The zero-order valence-corrected chi connectivity index (χ0v) is 18.4. The molecular weight excluding hydrogens is 396 g/mol. The maximum Gasteiger partial charge on any atom is 0.227 e. The molecule has 4 heterocycles. The molecule has 1 atom stereocenters. The van der Waals surface area contributed by atoms with E-state index in [1.165, 1.54) is 52.8 Å². The van der Waals surface area contributed by atoms with Crippen LogP contribution in [0.4, 0.5) is 5.82 Å². The van der Waals surface area contributed by atoms with Crippen LogP contribution in [0.1, 0.15) is 60.7 Å². The molecule has 1 saturated carbocycles. The Hall–Kier alpha value is -1.73. The molecule has 7 heteroatoms. The van der Waals surface area contributed by atoms with Gasteiger partial charge in [-0.3, -0.25) is 4.79 Å². The largest absolute Gasteiger partial charge is 0.378 e. The number of hydrogen-bond donors (Lipinski definition) is 0. The lowest BCUT2D eigenvalue weighted by Gasteiger charge is -2.37. The van der Waals surface area contributed by atoms with Crippen LogP contribution in [0.15, 0.2) is 0 Å². The van der Waals surface area contributed by atoms with E-state index in [0.29, 0.717) is 25.0 Å². The lowest BCUT2D eigenvalue weighted by Crippen LogP contribution is -2.48. The summed E-state index contributed by atoms with van der Waals surface area (Å²) in [7, 11) is 0. The van der Waals surface area contributed by atoms with Crippen LogP contribution in [-0.2, 0) is 22.4 Å². The number of amides is 1. The molecule has 2 aliphatic heterocycles. The van der Waals surface area contributed by atoms with Gasteiger partial charge in [0.25, 0.3) is 0 Å². The minimum Gasteiger partial charge on any atom is -0.378 e. The van der Waals surface area contributed by atoms with Crippen molar-refractivity contribution in [2.24, 2.45) is 5.92 Å². The maximum absolute atomic E-state index is 13.2. The second-order valence-electron chi connectivity index (χ2n) is 9.29. The normalized spacial score (nSPS) is 24.9. The van der Waals surface area contributed by atoms with Crippen LogP contribution in [0, 0.1) is 5.92 Å². The van der Waals surface area contributed by atoms with Crippen molar-refractivity contribution in [3.8, 4) is 0 Å². The van der Waals surface area contributed by atoms with Crippen molar-refractivity contribution in [3.05, 3.63) is 16.3 Å². The lowest BCUT2D eigenvalue weighted by atomic mass is 9.94. The van der Waals surface area contributed by atoms with Crippen LogP contribution in [0.25, 0.3) is 10.2 Å². The summed E-state index contributed by atoms with van der Waals surface area (Å²) in [6, 6.07) is 0. The van der Waals surface area contributed by atoms with Gasteiger partial charge in [0.1, 0.15) is 16.5 Å². The summed E-state index contributed by atoms with van der Waals surface area (Å²) in [6.07, 6.45) is 9.36. The molecule has 0 radical (unpaired) electrons. The van der Waals surface area contributed by atoms with Crippen molar-refractivity contribution in [3.63, 3.8) is 0 Å². The smallest absolute Gasteiger partial charge is 0.227 e. The average molecular weight is 427 g/mol. The van der Waals surface area contributed by atoms with E-state index in [2.05, 4.69) is 4.90 Å². The van der Waals surface area contributed by atoms with Gasteiger partial charge in [-0.15, -0.1) is 11.3 Å². The van der Waals surface area contributed by atoms with E-state index < -0.39 is 0 Å². The molecule has 0 N–H and O–H groups in total. The fourth-order valence-electron chi connectivity index (χ4n) is 5.32. The highest BCUT2D eigenvalue weighted by Crippen LogP contribution is 2.44. The Kier molecular flexibility index (Phi) is 4.91. The molecule has 6 nitrogen and oxygen atoms in total. The SMILES string of the molecule is O=C(C1CCCN(c2nc(C3CC3)nc3sc4c(c23)CCCC4)C1)N1CCOCC1. The number of piperidine rings is 1. The van der Waals surface area contributed by atoms with Gasteiger partial charge in [-0.1, -0.05) is 0 Å². The van der Waals surface area contributed by atoms with Gasteiger partial charge in [0.2, 0.25) is 5.91 Å². The molecule has 2 aromatic rings. The van der Waals surface area contributed by atoms with Gasteiger partial charge in [0, 0.05) is 37.0 Å². The van der Waals surface area contributed by atoms with Gasteiger partial charge in [-0.2, -0.15) is 0 Å². The first-order valence-corrected chi connectivity index (χ1v) is 12.5. The molecule has 2 aliphatic carbocycles. The van der Waals surface area contributed by atoms with E-state index >= 15 is 0 Å². The number of ether oxygens (including phenoxy) is 1. The quantitative estimate of drug-likeness (QED) is 0.752. The summed E-state index contributed by atoms with van der Waals surface area (Å²) in [6.45, 7) is 4.58. The zero-order chi connectivity index (χ0) is 20.1. The van der Waals surface area contributed by atoms with E-state index in [4.69, 9.17) is 14.7 Å². The Balaban J connectivity index is 1.35. The molecule has 0 spiro atoms. The Morgan fingerprint density at radius 1 is 1.00 bits per heavy atom. The van der Waals surface area contributed by atoms with E-state index in [1.54, 1.807) is 0 Å². The molecule has 1 amide bonds. The molecular formula is C23H30N4O2S. The van der Waals surface area contributed by atoms with Crippen molar-refractivity contribution >= 4 is 33.3 Å². The number of morpholine rings is 1. The molecule has 6 rings (SSSR count). The third-order valence-electron chi connectivity index (χ3n) is 7.15. The molecule has 30 heavy (non-hydrogen) atoms. The Morgan fingerprint density at radius 3 is 2.67 bits per heavy atom. The molecule has 160 valence electrons. The van der Waals surface area contributed by atoms with Crippen molar-refractivity contribution in [2.45, 2.75) is 57.3 Å². The van der Waals surface area contributed by atoms with E-state index in [-0.39, 0.29) is 5.92 Å². The predicted octanol–water partition coefficient (Wildman–Crippen LogP) is 3.52. The zero-order valence-electron chi connectivity index (χ0n) is 17.6. The van der Waals surface area contributed by atoms with Crippen molar-refractivity contribution < 1.29 is 9.53 Å². The van der Waals surface area contributed by atoms with Crippen molar-refractivity contribution in [1.29, 1.82) is 0 Å². The predicted molar refractivity (Wildman–Crippen MR) is 118 cm³/mol. The number of thiophene rings is 1. The number of carbonyl (C=O) groups excluding carboxylic acids is 1. The second-order valence-corrected chi connectivity index (χ2v) is 10.4. The third-order valence-corrected chi connectivity index (χ3v) is 8.33. The standard InChI is InChI=1S/C23H30N4O2S/c28-23(26-10-12-29-13-11-26)16-4-3-9-27(14-16)21-19-17-5-1-2-6-18(17)30-22(19)25-20(24-21)15-7-8-15/h15-16H,1-14H2. The molecule has 2 saturated heterocycles. The van der Waals surface area contributed by atoms with Crippen LogP contribution in [0.2, 0.25) is 0 Å². The molecule has 0 aromatic carbocycles. The molecule has 3 fully saturated rings. The van der Waals surface area contributed by atoms with Crippen molar-refractivity contribution in [2.75, 3.05) is 44.3 Å². The van der Waals surface area contributed by atoms with E-state index in [9.17, 15) is 4.79 Å². The number of aryl methyl sites for hydroxylation is 2. The second kappa shape index (κ2) is 7.75. The summed E-state index contributed by atoms with van der Waals surface area (Å²) in [4.78, 5) is 30.5. The average Bonchev–Trinajstić information content (AvgIpc) is 3.59. The highest BCUT2D eigenvalue weighted by atomic mass is 32.1. The Labute approximate surface area is 181 Å². The third kappa shape index (κ3) is 3.40. The molecule has 4 aliphatic rings. The maximum atomic E-state index is 13.2. The van der Waals surface area contributed by atoms with Gasteiger partial charge < -0.3 is 14.5 Å². The van der Waals surface area contributed by atoms with Crippen LogP contribution in [0.5, 0.6) is 0 Å². The summed E-state index contributed by atoms with van der Waals surface area (Å²) >= 11 is 1.90. The first-order chi connectivity index (χ1) is 14.8. The van der Waals surface area contributed by atoms with Gasteiger partial charge in [0.05, 0.1) is 24.5 Å². The Bertz CT molecular complexity index is 964. The molecule has 2 aromatic heterocycles. The number of anilines is 1. The minimum atomic E-state index is 0.0701. The molecule has 0 bridgehead atoms. The van der Waals surface area contributed by atoms with Gasteiger partial charge in [-0.25, -0.2) is 9.97 Å². The van der Waals surface area contributed by atoms with Crippen LogP contribution in [0.3, 0.4) is 0 Å². The number of aromatic nitrogens is 2. The highest BCUT2D eigenvalue weighted by molar-refractivity contribution is 7.19. The topological polar surface area (TPSA) is 58.6 Å². The summed E-state index contributed by atoms with van der Waals surface area (Å²) in [5.41, 5.74) is 1.50. The summed E-state index contributed by atoms with van der Waals surface area (Å²) in [5, 5.41) is 1.30. The summed E-state index contributed by atoms with van der Waals surface area (Å²) in [5.74, 6) is 3.09. The van der Waals surface area contributed by atoms with Gasteiger partial charge >= 0.3 is 0 Å². The van der Waals surface area contributed by atoms with Crippen LogP contribution < -0.4 is 4.90 Å². The fourth-order valence-corrected chi connectivity index (χ4v) is 6.58. The minimum absolute atomic E-state index is 0.0701. The number of nitrogens with zero attached hydrogens (tertiary/aromatic N) is 4. The molecule has 1 unspecified atom stereocenters. The van der Waals surface area contributed by atoms with Crippen LogP contribution >= 0.6 is 11.3 Å². The number of carbonyl (C=O) groups is 1. The monoisotopic (exact) mass is 426 g/mol. The van der Waals surface area contributed by atoms with Gasteiger partial charge in [0.15, 0.2) is 0 Å².